The van der Waals surface area contributed by atoms with Crippen LogP contribution in [0.15, 0.2) is 24.3 Å². The number of carbonyl (C=O) groups excluding carboxylic acids is 3. The number of nitrogens with one attached hydrogen (secondary N) is 1. The molecule has 1 N–H and O–H groups in total. The van der Waals surface area contributed by atoms with E-state index in [9.17, 15) is 18.8 Å². The maximum absolute atomic E-state index is 13.2. The smallest absolute Gasteiger partial charge is 0.327 e. The molecule has 5 rings (SSSR count). The van der Waals surface area contributed by atoms with Gasteiger partial charge in [-0.1, -0.05) is 31.4 Å². The average Bonchev–Trinajstić information content (AvgIpc) is 3.55. The summed E-state index contributed by atoms with van der Waals surface area (Å²) in [5.41, 5.74) is 0.106. The number of nitrogens with zero attached hydrogens (tertiary/aromatic N) is 5. The quantitative estimate of drug-likeness (QED) is 0.680. The third-order valence-corrected chi connectivity index (χ3v) is 7.48. The number of carbonyl (C=O) groups is 3. The lowest BCUT2D eigenvalue weighted by atomic mass is 9.81. The molecule has 2 aliphatic heterocycles. The molecule has 0 unspecified atom stereocenters. The zero-order valence-electron chi connectivity index (χ0n) is 19.3. The zero-order chi connectivity index (χ0) is 23.9. The van der Waals surface area contributed by atoms with Crippen molar-refractivity contribution in [2.24, 2.45) is 0 Å². The Labute approximate surface area is 197 Å². The number of aromatic amines is 1. The predicted octanol–water partition coefficient (Wildman–Crippen LogP) is 2.80. The maximum atomic E-state index is 13.2. The Hall–Kier alpha value is -3.30. The third-order valence-electron chi connectivity index (χ3n) is 7.48. The predicted molar refractivity (Wildman–Crippen MR) is 120 cm³/mol. The molecule has 0 bridgehead atoms. The highest BCUT2D eigenvalue weighted by Gasteiger charge is 2.56. The summed E-state index contributed by atoms with van der Waals surface area (Å²) < 4.78 is 13.2. The van der Waals surface area contributed by atoms with Crippen molar-refractivity contribution in [3.05, 3.63) is 47.3 Å². The van der Waals surface area contributed by atoms with Crippen LogP contribution in [0.1, 0.15) is 68.2 Å². The third kappa shape index (κ3) is 3.84. The number of H-pyrrole nitrogens is 1. The largest absolute Gasteiger partial charge is 0.331 e. The van der Waals surface area contributed by atoms with Gasteiger partial charge < -0.3 is 9.80 Å². The van der Waals surface area contributed by atoms with Crippen LogP contribution in [0.2, 0.25) is 0 Å². The summed E-state index contributed by atoms with van der Waals surface area (Å²) in [6, 6.07) is 5.50. The van der Waals surface area contributed by atoms with E-state index in [4.69, 9.17) is 0 Å². The Morgan fingerprint density at radius 1 is 1.15 bits per heavy atom. The Morgan fingerprint density at radius 2 is 1.88 bits per heavy atom. The molecule has 1 aromatic heterocycles. The lowest BCUT2D eigenvalue weighted by Gasteiger charge is -2.35. The second-order valence-electron chi connectivity index (χ2n) is 9.51. The van der Waals surface area contributed by atoms with E-state index in [2.05, 4.69) is 15.2 Å². The number of imide groups is 1. The van der Waals surface area contributed by atoms with E-state index in [1.807, 2.05) is 0 Å². The lowest BCUT2D eigenvalue weighted by Crippen LogP contribution is -2.49. The van der Waals surface area contributed by atoms with Crippen LogP contribution in [0.25, 0.3) is 0 Å². The molecule has 2 aromatic rings. The van der Waals surface area contributed by atoms with Crippen molar-refractivity contribution < 1.29 is 18.8 Å². The Bertz CT molecular complexity index is 1090. The molecule has 1 spiro atoms. The van der Waals surface area contributed by atoms with Crippen molar-refractivity contribution in [1.29, 1.82) is 0 Å². The maximum Gasteiger partial charge on any atom is 0.327 e. The summed E-state index contributed by atoms with van der Waals surface area (Å²) in [6.07, 6.45) is 6.16. The summed E-state index contributed by atoms with van der Waals surface area (Å²) in [7, 11) is 1.67. The Morgan fingerprint density at radius 3 is 2.62 bits per heavy atom. The summed E-state index contributed by atoms with van der Waals surface area (Å²) >= 11 is 0. The monoisotopic (exact) mass is 468 g/mol. The van der Waals surface area contributed by atoms with Crippen LogP contribution >= 0.6 is 0 Å². The van der Waals surface area contributed by atoms with E-state index in [1.165, 1.54) is 12.1 Å². The highest BCUT2D eigenvalue weighted by molar-refractivity contribution is 6.09. The first-order valence-electron chi connectivity index (χ1n) is 11.9. The molecule has 1 atom stereocenters. The number of hydrogen-bond acceptors (Lipinski definition) is 5. The molecule has 9 nitrogen and oxygen atoms in total. The number of halogens is 1. The molecule has 4 amide bonds. The number of amides is 4. The fourth-order valence-corrected chi connectivity index (χ4v) is 5.56. The summed E-state index contributed by atoms with van der Waals surface area (Å²) in [5, 5.41) is 7.25. The average molecular weight is 469 g/mol. The molecule has 3 aliphatic rings. The standard InChI is InChI=1S/C24H29FN6O3/c1-29-23(34)31(22(33)24(29)11-3-2-4-12-24)15-20(32)30-13-5-6-18(30)21-26-19(27-28-21)14-16-7-9-17(25)10-8-16/h7-10,18H,2-6,11-15H2,1H3,(H,26,27,28)/t18-/m0/s1. The van der Waals surface area contributed by atoms with Gasteiger partial charge in [0.05, 0.1) is 6.04 Å². The van der Waals surface area contributed by atoms with Gasteiger partial charge in [-0.25, -0.2) is 14.2 Å². The summed E-state index contributed by atoms with van der Waals surface area (Å²) in [4.78, 5) is 48.3. The molecule has 1 saturated carbocycles. The molecule has 1 aliphatic carbocycles. The van der Waals surface area contributed by atoms with Crippen molar-refractivity contribution >= 4 is 17.8 Å². The SMILES string of the molecule is CN1C(=O)N(CC(=O)N2CCC[C@H]2c2n[nH]c(Cc3ccc(F)cc3)n2)C(=O)C12CCCCC2. The van der Waals surface area contributed by atoms with E-state index in [0.717, 1.165) is 36.1 Å². The number of aromatic nitrogens is 3. The molecule has 34 heavy (non-hydrogen) atoms. The van der Waals surface area contributed by atoms with E-state index in [1.54, 1.807) is 29.0 Å². The van der Waals surface area contributed by atoms with Gasteiger partial charge >= 0.3 is 6.03 Å². The van der Waals surface area contributed by atoms with Crippen molar-refractivity contribution in [3.8, 4) is 0 Å². The van der Waals surface area contributed by atoms with Crippen LogP contribution in [-0.4, -0.2) is 73.4 Å². The van der Waals surface area contributed by atoms with Crippen molar-refractivity contribution in [2.75, 3.05) is 20.1 Å². The van der Waals surface area contributed by atoms with Gasteiger partial charge in [-0.3, -0.25) is 19.6 Å². The van der Waals surface area contributed by atoms with E-state index in [-0.39, 0.29) is 30.2 Å². The van der Waals surface area contributed by atoms with E-state index < -0.39 is 11.6 Å². The van der Waals surface area contributed by atoms with E-state index in [0.29, 0.717) is 43.9 Å². The number of hydrogen-bond donors (Lipinski definition) is 1. The van der Waals surface area contributed by atoms with Crippen LogP contribution < -0.4 is 0 Å². The van der Waals surface area contributed by atoms with Crippen molar-refractivity contribution in [2.45, 2.75) is 62.9 Å². The van der Waals surface area contributed by atoms with E-state index >= 15 is 0 Å². The molecular weight excluding hydrogens is 439 g/mol. The molecule has 2 saturated heterocycles. The summed E-state index contributed by atoms with van der Waals surface area (Å²) in [5.74, 6) is 0.339. The Balaban J connectivity index is 1.27. The minimum atomic E-state index is -0.793. The van der Waals surface area contributed by atoms with Crippen LogP contribution in [0.3, 0.4) is 0 Å². The van der Waals surface area contributed by atoms with Gasteiger partial charge in [-0.2, -0.15) is 5.10 Å². The lowest BCUT2D eigenvalue weighted by molar-refractivity contribution is -0.141. The van der Waals surface area contributed by atoms with Gasteiger partial charge in [0.25, 0.3) is 5.91 Å². The molecule has 3 heterocycles. The van der Waals surface area contributed by atoms with Gasteiger partial charge in [-0.15, -0.1) is 0 Å². The van der Waals surface area contributed by atoms with Crippen LogP contribution in [0, 0.1) is 5.82 Å². The minimum Gasteiger partial charge on any atom is -0.331 e. The van der Waals surface area contributed by atoms with Gasteiger partial charge in [-0.05, 0) is 43.4 Å². The van der Waals surface area contributed by atoms with Crippen LogP contribution in [0.5, 0.6) is 0 Å². The first-order chi connectivity index (χ1) is 16.4. The highest BCUT2D eigenvalue weighted by Crippen LogP contribution is 2.39. The Kier molecular flexibility index (Phi) is 5.83. The number of benzene rings is 1. The molecule has 0 radical (unpaired) electrons. The topological polar surface area (TPSA) is 102 Å². The second kappa shape index (κ2) is 8.81. The second-order valence-corrected chi connectivity index (χ2v) is 9.51. The van der Waals surface area contributed by atoms with Crippen LogP contribution in [0.4, 0.5) is 9.18 Å². The summed E-state index contributed by atoms with van der Waals surface area (Å²) in [6.45, 7) is 0.273. The number of likely N-dealkylation sites (tertiary alicyclic amines) is 1. The molecule has 1 aromatic carbocycles. The van der Waals surface area contributed by atoms with Gasteiger partial charge in [0.1, 0.15) is 23.7 Å². The van der Waals surface area contributed by atoms with Gasteiger partial charge in [0.2, 0.25) is 5.91 Å². The fourth-order valence-electron chi connectivity index (χ4n) is 5.56. The number of likely N-dealkylation sites (N-methyl/N-ethyl adjacent to an activating group) is 1. The minimum absolute atomic E-state index is 0.247. The molecular formula is C24H29FN6O3. The molecule has 10 heteroatoms. The normalized spacial score (nSPS) is 22.3. The van der Waals surface area contributed by atoms with Gasteiger partial charge in [0.15, 0.2) is 5.82 Å². The van der Waals surface area contributed by atoms with Crippen molar-refractivity contribution in [1.82, 2.24) is 29.9 Å². The van der Waals surface area contributed by atoms with Gasteiger partial charge in [0, 0.05) is 20.0 Å². The first kappa shape index (κ1) is 22.5. The molecule has 180 valence electrons. The van der Waals surface area contributed by atoms with Crippen LogP contribution in [-0.2, 0) is 16.0 Å². The first-order valence-corrected chi connectivity index (χ1v) is 11.9. The fraction of sp³-hybridized carbons (Fsp3) is 0.542. The molecule has 3 fully saturated rings. The number of urea groups is 1. The zero-order valence-corrected chi connectivity index (χ0v) is 19.3. The number of rotatable bonds is 5. The van der Waals surface area contributed by atoms with Crippen molar-refractivity contribution in [3.63, 3.8) is 0 Å². The highest BCUT2D eigenvalue weighted by atomic mass is 19.1.